The van der Waals surface area contributed by atoms with E-state index in [1.54, 1.807) is 6.92 Å². The summed E-state index contributed by atoms with van der Waals surface area (Å²) in [6, 6.07) is 0. The van der Waals surface area contributed by atoms with Gasteiger partial charge in [0.05, 0.1) is 6.54 Å². The number of aromatic nitrogens is 3. The molecule has 0 saturated heterocycles. The second kappa shape index (κ2) is 4.24. The highest BCUT2D eigenvalue weighted by Crippen LogP contribution is 2.04. The second-order valence-corrected chi connectivity index (χ2v) is 5.47. The molecule has 0 saturated carbocycles. The zero-order valence-corrected chi connectivity index (χ0v) is 9.43. The minimum atomic E-state index is -3.38. The van der Waals surface area contributed by atoms with Crippen LogP contribution in [-0.4, -0.2) is 40.2 Å². The van der Waals surface area contributed by atoms with E-state index in [-0.39, 0.29) is 6.54 Å². The maximum absolute atomic E-state index is 11.2. The molecule has 0 aromatic carbocycles. The van der Waals surface area contributed by atoms with Gasteiger partial charge in [-0.1, -0.05) is 0 Å². The lowest BCUT2D eigenvalue weighted by molar-refractivity contribution is 0.461. The number of nitrogens with one attached hydrogen (secondary N) is 1. The fourth-order valence-electron chi connectivity index (χ4n) is 0.841. The number of aromatic amines is 1. The zero-order chi connectivity index (χ0) is 10.8. The first-order valence-electron chi connectivity index (χ1n) is 3.83. The van der Waals surface area contributed by atoms with Crippen molar-refractivity contribution in [3.8, 4) is 0 Å². The number of alkyl halides is 1. The van der Waals surface area contributed by atoms with Crippen molar-refractivity contribution in [3.05, 3.63) is 11.6 Å². The average molecular weight is 239 g/mol. The number of nitrogens with zero attached hydrogens (tertiary/aromatic N) is 3. The summed E-state index contributed by atoms with van der Waals surface area (Å²) in [5, 5.41) is 6.01. The number of hydrogen-bond acceptors (Lipinski definition) is 4. The SMILES string of the molecule is Cc1nc(CN(C)S(=O)(=O)CCl)n[nH]1. The Morgan fingerprint density at radius 2 is 2.21 bits per heavy atom. The van der Waals surface area contributed by atoms with Gasteiger partial charge in [0.25, 0.3) is 0 Å². The minimum absolute atomic E-state index is 0.124. The molecular weight excluding hydrogens is 228 g/mol. The van der Waals surface area contributed by atoms with Crippen LogP contribution in [0.2, 0.25) is 0 Å². The van der Waals surface area contributed by atoms with Gasteiger partial charge in [-0.25, -0.2) is 13.4 Å². The number of aryl methyl sites for hydroxylation is 1. The third-order valence-corrected chi connectivity index (χ3v) is 3.80. The Morgan fingerprint density at radius 3 is 2.64 bits per heavy atom. The van der Waals surface area contributed by atoms with Crippen LogP contribution < -0.4 is 0 Å². The smallest absolute Gasteiger partial charge is 0.228 e. The molecule has 0 aliphatic rings. The summed E-state index contributed by atoms with van der Waals surface area (Å²) in [7, 11) is -1.95. The standard InChI is InChI=1S/C6H11ClN4O2S/c1-5-8-6(10-9-5)3-11(2)14(12,13)4-7/h3-4H2,1-2H3,(H,8,9,10). The monoisotopic (exact) mass is 238 g/mol. The first-order valence-corrected chi connectivity index (χ1v) is 5.98. The molecular formula is C6H11ClN4O2S. The highest BCUT2D eigenvalue weighted by Gasteiger charge is 2.17. The molecule has 1 aromatic rings. The summed E-state index contributed by atoms with van der Waals surface area (Å²) in [5.74, 6) is 1.08. The Labute approximate surface area is 87.3 Å². The third kappa shape index (κ3) is 2.66. The Balaban J connectivity index is 2.71. The molecule has 14 heavy (non-hydrogen) atoms. The average Bonchev–Trinajstić information content (AvgIpc) is 2.51. The lowest BCUT2D eigenvalue weighted by atomic mass is 10.6. The van der Waals surface area contributed by atoms with Crippen molar-refractivity contribution < 1.29 is 8.42 Å². The summed E-state index contributed by atoms with van der Waals surface area (Å²) in [6.07, 6.45) is 0. The normalized spacial score (nSPS) is 12.3. The van der Waals surface area contributed by atoms with Gasteiger partial charge in [-0.05, 0) is 6.92 Å². The van der Waals surface area contributed by atoms with Crippen molar-refractivity contribution in [2.75, 3.05) is 12.3 Å². The van der Waals surface area contributed by atoms with Crippen molar-refractivity contribution >= 4 is 21.6 Å². The maximum Gasteiger partial charge on any atom is 0.228 e. The zero-order valence-electron chi connectivity index (χ0n) is 7.86. The van der Waals surface area contributed by atoms with Crippen LogP contribution in [0.3, 0.4) is 0 Å². The van der Waals surface area contributed by atoms with E-state index in [2.05, 4.69) is 15.2 Å². The predicted molar refractivity (Wildman–Crippen MR) is 52.2 cm³/mol. The molecule has 1 rings (SSSR count). The highest BCUT2D eigenvalue weighted by molar-refractivity contribution is 7.90. The van der Waals surface area contributed by atoms with E-state index in [9.17, 15) is 8.42 Å². The van der Waals surface area contributed by atoms with E-state index in [0.717, 1.165) is 4.31 Å². The van der Waals surface area contributed by atoms with Crippen LogP contribution in [0.15, 0.2) is 0 Å². The van der Waals surface area contributed by atoms with Gasteiger partial charge in [0.15, 0.2) is 5.82 Å². The van der Waals surface area contributed by atoms with Crippen molar-refractivity contribution in [1.29, 1.82) is 0 Å². The largest absolute Gasteiger partial charge is 0.263 e. The molecule has 0 bridgehead atoms. The van der Waals surface area contributed by atoms with Gasteiger partial charge in [0.1, 0.15) is 11.0 Å². The summed E-state index contributed by atoms with van der Waals surface area (Å²) in [6.45, 7) is 1.87. The molecule has 1 N–H and O–H groups in total. The van der Waals surface area contributed by atoms with Gasteiger partial charge in [-0.3, -0.25) is 5.10 Å². The minimum Gasteiger partial charge on any atom is -0.263 e. The van der Waals surface area contributed by atoms with Gasteiger partial charge in [-0.15, -0.1) is 11.6 Å². The summed E-state index contributed by atoms with van der Waals surface area (Å²) in [4.78, 5) is 3.98. The summed E-state index contributed by atoms with van der Waals surface area (Å²) >= 11 is 5.28. The molecule has 0 radical (unpaired) electrons. The van der Waals surface area contributed by atoms with Crippen LogP contribution in [-0.2, 0) is 16.6 Å². The second-order valence-electron chi connectivity index (χ2n) is 2.81. The molecule has 80 valence electrons. The number of rotatable bonds is 4. The fourth-order valence-corrected chi connectivity index (χ4v) is 1.82. The van der Waals surface area contributed by atoms with E-state index in [0.29, 0.717) is 11.6 Å². The molecule has 0 fully saturated rings. The van der Waals surface area contributed by atoms with Crippen LogP contribution in [0.1, 0.15) is 11.6 Å². The lowest BCUT2D eigenvalue weighted by Gasteiger charge is -2.12. The highest BCUT2D eigenvalue weighted by atomic mass is 35.5. The number of halogens is 1. The van der Waals surface area contributed by atoms with Gasteiger partial charge in [-0.2, -0.15) is 9.40 Å². The quantitative estimate of drug-likeness (QED) is 0.753. The van der Waals surface area contributed by atoms with E-state index in [1.165, 1.54) is 7.05 Å². The van der Waals surface area contributed by atoms with E-state index >= 15 is 0 Å². The lowest BCUT2D eigenvalue weighted by Crippen LogP contribution is -2.27. The van der Waals surface area contributed by atoms with Crippen molar-refractivity contribution in [1.82, 2.24) is 19.5 Å². The summed E-state index contributed by atoms with van der Waals surface area (Å²) in [5.41, 5.74) is 0. The van der Waals surface area contributed by atoms with Crippen molar-refractivity contribution in [2.45, 2.75) is 13.5 Å². The molecule has 8 heteroatoms. The van der Waals surface area contributed by atoms with Gasteiger partial charge in [0.2, 0.25) is 10.0 Å². The summed E-state index contributed by atoms with van der Waals surface area (Å²) < 4.78 is 23.6. The number of hydrogen-bond donors (Lipinski definition) is 1. The molecule has 0 spiro atoms. The Bertz CT molecular complexity index is 402. The predicted octanol–water partition coefficient (Wildman–Crippen LogP) is 0.0710. The van der Waals surface area contributed by atoms with Crippen LogP contribution in [0, 0.1) is 6.92 Å². The van der Waals surface area contributed by atoms with Crippen molar-refractivity contribution in [2.24, 2.45) is 0 Å². The van der Waals surface area contributed by atoms with Crippen LogP contribution in [0.4, 0.5) is 0 Å². The fraction of sp³-hybridized carbons (Fsp3) is 0.667. The first-order chi connectivity index (χ1) is 6.45. The molecule has 0 amide bonds. The third-order valence-electron chi connectivity index (χ3n) is 1.62. The molecule has 0 unspecified atom stereocenters. The number of sulfonamides is 1. The molecule has 1 aromatic heterocycles. The van der Waals surface area contributed by atoms with E-state index in [1.807, 2.05) is 0 Å². The van der Waals surface area contributed by atoms with Crippen LogP contribution >= 0.6 is 11.6 Å². The Morgan fingerprint density at radius 1 is 1.57 bits per heavy atom. The molecule has 0 aliphatic carbocycles. The van der Waals surface area contributed by atoms with Crippen LogP contribution in [0.25, 0.3) is 0 Å². The van der Waals surface area contributed by atoms with E-state index < -0.39 is 15.2 Å². The molecule has 6 nitrogen and oxygen atoms in total. The first kappa shape index (κ1) is 11.4. The van der Waals surface area contributed by atoms with Crippen molar-refractivity contribution in [3.63, 3.8) is 0 Å². The Kier molecular flexibility index (Phi) is 3.46. The molecule has 1 heterocycles. The topological polar surface area (TPSA) is 79.0 Å². The maximum atomic E-state index is 11.2. The van der Waals surface area contributed by atoms with Gasteiger partial charge < -0.3 is 0 Å². The molecule has 0 atom stereocenters. The van der Waals surface area contributed by atoms with Gasteiger partial charge in [0, 0.05) is 7.05 Å². The van der Waals surface area contributed by atoms with E-state index in [4.69, 9.17) is 11.6 Å². The van der Waals surface area contributed by atoms with Crippen LogP contribution in [0.5, 0.6) is 0 Å². The number of H-pyrrole nitrogens is 1. The molecule has 0 aliphatic heterocycles. The Hall–Kier alpha value is -0.660. The van der Waals surface area contributed by atoms with Gasteiger partial charge >= 0.3 is 0 Å².